The van der Waals surface area contributed by atoms with E-state index in [4.69, 9.17) is 0 Å². The van der Waals surface area contributed by atoms with Gasteiger partial charge in [0.15, 0.2) is 0 Å². The molecule has 0 amide bonds. The molecule has 0 aromatic heterocycles. The lowest BCUT2D eigenvalue weighted by Gasteiger charge is -2.29. The van der Waals surface area contributed by atoms with Crippen LogP contribution in [-0.4, -0.2) is 18.6 Å². The average Bonchev–Trinajstić information content (AvgIpc) is 2.17. The van der Waals surface area contributed by atoms with E-state index >= 15 is 0 Å². The van der Waals surface area contributed by atoms with Gasteiger partial charge in [-0.15, -0.1) is 0 Å². The molecule has 0 saturated carbocycles. The zero-order valence-corrected chi connectivity index (χ0v) is 9.80. The lowest BCUT2D eigenvalue weighted by Crippen LogP contribution is -2.43. The molecular weight excluding hydrogens is 184 g/mol. The van der Waals surface area contributed by atoms with Gasteiger partial charge in [-0.2, -0.15) is 0 Å². The maximum atomic E-state index is 3.58. The number of fused-ring (bicyclic) bond motifs is 1. The largest absolute Gasteiger partial charge is 0.383 e. The standard InChI is InChI=1S/C13H20N2/c1-9(2)15-12-7-11-6-4-5-10(3)13(11)14-8-12/h4-6,9,12,14-15H,7-8H2,1-3H3. The Labute approximate surface area is 92.1 Å². The fourth-order valence-corrected chi connectivity index (χ4v) is 2.30. The first-order chi connectivity index (χ1) is 7.16. The molecule has 0 bridgehead atoms. The van der Waals surface area contributed by atoms with Crippen LogP contribution in [-0.2, 0) is 6.42 Å². The molecule has 15 heavy (non-hydrogen) atoms. The normalized spacial score (nSPS) is 19.9. The molecule has 2 N–H and O–H groups in total. The Balaban J connectivity index is 2.13. The molecule has 1 unspecified atom stereocenters. The smallest absolute Gasteiger partial charge is 0.0403 e. The first kappa shape index (κ1) is 10.5. The minimum Gasteiger partial charge on any atom is -0.383 e. The van der Waals surface area contributed by atoms with Crippen LogP contribution in [0, 0.1) is 6.92 Å². The lowest BCUT2D eigenvalue weighted by molar-refractivity contribution is 0.467. The predicted octanol–water partition coefficient (Wildman–Crippen LogP) is 2.33. The minimum atomic E-state index is 0.558. The third-order valence-corrected chi connectivity index (χ3v) is 2.92. The van der Waals surface area contributed by atoms with E-state index in [9.17, 15) is 0 Å². The third kappa shape index (κ3) is 2.32. The van der Waals surface area contributed by atoms with Crippen molar-refractivity contribution < 1.29 is 0 Å². The van der Waals surface area contributed by atoms with Crippen LogP contribution in [0.4, 0.5) is 5.69 Å². The number of rotatable bonds is 2. The Morgan fingerprint density at radius 3 is 2.93 bits per heavy atom. The summed E-state index contributed by atoms with van der Waals surface area (Å²) in [6.45, 7) is 7.61. The molecule has 1 aliphatic rings. The summed E-state index contributed by atoms with van der Waals surface area (Å²) in [4.78, 5) is 0. The Morgan fingerprint density at radius 2 is 2.20 bits per heavy atom. The second kappa shape index (κ2) is 4.23. The van der Waals surface area contributed by atoms with Gasteiger partial charge in [0.1, 0.15) is 0 Å². The highest BCUT2D eigenvalue weighted by Gasteiger charge is 2.18. The van der Waals surface area contributed by atoms with Crippen molar-refractivity contribution in [2.45, 2.75) is 39.3 Å². The number of benzene rings is 1. The monoisotopic (exact) mass is 204 g/mol. The second-order valence-corrected chi connectivity index (χ2v) is 4.71. The lowest BCUT2D eigenvalue weighted by atomic mass is 9.96. The Bertz CT molecular complexity index is 344. The summed E-state index contributed by atoms with van der Waals surface area (Å²) in [5.41, 5.74) is 4.15. The van der Waals surface area contributed by atoms with Crippen molar-refractivity contribution in [3.63, 3.8) is 0 Å². The molecule has 2 heteroatoms. The molecule has 0 fully saturated rings. The van der Waals surface area contributed by atoms with Crippen molar-refractivity contribution in [2.24, 2.45) is 0 Å². The van der Waals surface area contributed by atoms with E-state index < -0.39 is 0 Å². The van der Waals surface area contributed by atoms with Gasteiger partial charge in [0.05, 0.1) is 0 Å². The molecular formula is C13H20N2. The number of nitrogens with one attached hydrogen (secondary N) is 2. The van der Waals surface area contributed by atoms with E-state index in [0.717, 1.165) is 13.0 Å². The third-order valence-electron chi connectivity index (χ3n) is 2.92. The number of anilines is 1. The van der Waals surface area contributed by atoms with E-state index in [1.165, 1.54) is 16.8 Å². The van der Waals surface area contributed by atoms with Crippen molar-refractivity contribution in [1.82, 2.24) is 5.32 Å². The molecule has 0 saturated heterocycles. The molecule has 0 aliphatic carbocycles. The zero-order valence-electron chi connectivity index (χ0n) is 9.80. The maximum Gasteiger partial charge on any atom is 0.0403 e. The average molecular weight is 204 g/mol. The van der Waals surface area contributed by atoms with Crippen LogP contribution in [0.2, 0.25) is 0 Å². The van der Waals surface area contributed by atoms with Gasteiger partial charge in [0.25, 0.3) is 0 Å². The van der Waals surface area contributed by atoms with Crippen molar-refractivity contribution in [3.8, 4) is 0 Å². The first-order valence-electron chi connectivity index (χ1n) is 5.75. The number of para-hydroxylation sites is 1. The molecule has 1 aliphatic heterocycles. The topological polar surface area (TPSA) is 24.1 Å². The molecule has 1 heterocycles. The van der Waals surface area contributed by atoms with E-state index in [1.54, 1.807) is 0 Å². The molecule has 1 aromatic carbocycles. The summed E-state index contributed by atoms with van der Waals surface area (Å²) < 4.78 is 0. The van der Waals surface area contributed by atoms with Gasteiger partial charge in [-0.1, -0.05) is 32.0 Å². The van der Waals surface area contributed by atoms with E-state index in [1.807, 2.05) is 0 Å². The highest BCUT2D eigenvalue weighted by atomic mass is 15.0. The van der Waals surface area contributed by atoms with Crippen LogP contribution in [0.25, 0.3) is 0 Å². The fraction of sp³-hybridized carbons (Fsp3) is 0.538. The summed E-state index contributed by atoms with van der Waals surface area (Å²) in [6, 6.07) is 7.67. The van der Waals surface area contributed by atoms with Gasteiger partial charge in [-0.3, -0.25) is 0 Å². The zero-order chi connectivity index (χ0) is 10.8. The second-order valence-electron chi connectivity index (χ2n) is 4.71. The van der Waals surface area contributed by atoms with Crippen LogP contribution < -0.4 is 10.6 Å². The highest BCUT2D eigenvalue weighted by Crippen LogP contribution is 2.25. The van der Waals surface area contributed by atoms with E-state index in [2.05, 4.69) is 49.6 Å². The van der Waals surface area contributed by atoms with Crippen LogP contribution in [0.5, 0.6) is 0 Å². The maximum absolute atomic E-state index is 3.58. The molecule has 2 rings (SSSR count). The van der Waals surface area contributed by atoms with Crippen molar-refractivity contribution in [2.75, 3.05) is 11.9 Å². The molecule has 2 nitrogen and oxygen atoms in total. The Kier molecular flexibility index (Phi) is 2.96. The van der Waals surface area contributed by atoms with Gasteiger partial charge >= 0.3 is 0 Å². The summed E-state index contributed by atoms with van der Waals surface area (Å²) in [5.74, 6) is 0. The highest BCUT2D eigenvalue weighted by molar-refractivity contribution is 5.59. The van der Waals surface area contributed by atoms with Crippen LogP contribution >= 0.6 is 0 Å². The summed E-state index contributed by atoms with van der Waals surface area (Å²) in [5, 5.41) is 7.10. The van der Waals surface area contributed by atoms with Gasteiger partial charge in [-0.05, 0) is 24.5 Å². The molecule has 1 atom stereocenters. The van der Waals surface area contributed by atoms with Crippen LogP contribution in [0.3, 0.4) is 0 Å². The van der Waals surface area contributed by atoms with Crippen LogP contribution in [0.15, 0.2) is 18.2 Å². The molecule has 1 aromatic rings. The number of hydrogen-bond acceptors (Lipinski definition) is 2. The quantitative estimate of drug-likeness (QED) is 0.772. The van der Waals surface area contributed by atoms with Gasteiger partial charge in [0, 0.05) is 24.3 Å². The first-order valence-corrected chi connectivity index (χ1v) is 5.75. The fourth-order valence-electron chi connectivity index (χ4n) is 2.30. The Hall–Kier alpha value is -1.02. The number of hydrogen-bond donors (Lipinski definition) is 2. The summed E-state index contributed by atoms with van der Waals surface area (Å²) >= 11 is 0. The van der Waals surface area contributed by atoms with Gasteiger partial charge in [0.2, 0.25) is 0 Å². The predicted molar refractivity (Wildman–Crippen MR) is 65.4 cm³/mol. The molecule has 0 radical (unpaired) electrons. The van der Waals surface area contributed by atoms with E-state index in [0.29, 0.717) is 12.1 Å². The van der Waals surface area contributed by atoms with Crippen molar-refractivity contribution in [3.05, 3.63) is 29.3 Å². The summed E-state index contributed by atoms with van der Waals surface area (Å²) in [6.07, 6.45) is 1.14. The summed E-state index contributed by atoms with van der Waals surface area (Å²) in [7, 11) is 0. The molecule has 82 valence electrons. The van der Waals surface area contributed by atoms with E-state index in [-0.39, 0.29) is 0 Å². The van der Waals surface area contributed by atoms with Crippen molar-refractivity contribution in [1.29, 1.82) is 0 Å². The molecule has 0 spiro atoms. The minimum absolute atomic E-state index is 0.558. The SMILES string of the molecule is Cc1cccc2c1NCC(NC(C)C)C2. The number of aryl methyl sites for hydroxylation is 1. The van der Waals surface area contributed by atoms with Crippen molar-refractivity contribution >= 4 is 5.69 Å². The van der Waals surface area contributed by atoms with Gasteiger partial charge in [-0.25, -0.2) is 0 Å². The Morgan fingerprint density at radius 1 is 1.40 bits per heavy atom. The van der Waals surface area contributed by atoms with Gasteiger partial charge < -0.3 is 10.6 Å². The van der Waals surface area contributed by atoms with Crippen LogP contribution in [0.1, 0.15) is 25.0 Å².